The van der Waals surface area contributed by atoms with Gasteiger partial charge in [-0.2, -0.15) is 8.42 Å². The lowest BCUT2D eigenvalue weighted by Gasteiger charge is -2.15. The van der Waals surface area contributed by atoms with Crippen molar-refractivity contribution in [2.45, 2.75) is 26.0 Å². The van der Waals surface area contributed by atoms with Crippen molar-refractivity contribution in [1.82, 2.24) is 0 Å². The van der Waals surface area contributed by atoms with Crippen molar-refractivity contribution in [3.8, 4) is 22.3 Å². The second-order valence-corrected chi connectivity index (χ2v) is 9.58. The lowest BCUT2D eigenvalue weighted by molar-refractivity contribution is 0.482. The molecule has 4 aromatic rings. The summed E-state index contributed by atoms with van der Waals surface area (Å²) in [6, 6.07) is 30.5. The van der Waals surface area contributed by atoms with Gasteiger partial charge >= 0.3 is 0 Å². The third kappa shape index (κ3) is 4.82. The predicted molar refractivity (Wildman–Crippen MR) is 131 cm³/mol. The van der Waals surface area contributed by atoms with E-state index in [1.54, 1.807) is 30.3 Å². The molecule has 3 nitrogen and oxygen atoms in total. The fourth-order valence-electron chi connectivity index (χ4n) is 4.30. The van der Waals surface area contributed by atoms with Crippen LogP contribution in [0.3, 0.4) is 0 Å². The molecule has 32 heavy (non-hydrogen) atoms. The van der Waals surface area contributed by atoms with E-state index in [9.17, 15) is 8.42 Å². The molecular weight excluding hydrogens is 416 g/mol. The normalized spacial score (nSPS) is 11.8. The zero-order valence-corrected chi connectivity index (χ0v) is 19.1. The maximum absolute atomic E-state index is 10.4. The van der Waals surface area contributed by atoms with E-state index >= 15 is 0 Å². The number of hydrogen-bond donors (Lipinski definition) is 1. The SMILES string of the molecule is Cc1cc2c(c(-c3ccccc3)c1C)Cc1ccccc1-2.O=S(=O)(O)Cc1ccccc1. The van der Waals surface area contributed by atoms with Crippen LogP contribution in [0.5, 0.6) is 0 Å². The van der Waals surface area contributed by atoms with Gasteiger partial charge in [-0.1, -0.05) is 91.0 Å². The van der Waals surface area contributed by atoms with E-state index in [0.29, 0.717) is 5.56 Å². The van der Waals surface area contributed by atoms with E-state index in [4.69, 9.17) is 4.55 Å². The summed E-state index contributed by atoms with van der Waals surface area (Å²) in [4.78, 5) is 0. The van der Waals surface area contributed by atoms with Gasteiger partial charge < -0.3 is 0 Å². The highest BCUT2D eigenvalue weighted by Crippen LogP contribution is 2.44. The molecule has 0 bridgehead atoms. The van der Waals surface area contributed by atoms with Gasteiger partial charge in [-0.05, 0) is 70.3 Å². The fraction of sp³-hybridized carbons (Fsp3) is 0.143. The molecule has 0 heterocycles. The number of hydrogen-bond acceptors (Lipinski definition) is 2. The molecule has 4 heteroatoms. The molecule has 0 aromatic heterocycles. The summed E-state index contributed by atoms with van der Waals surface area (Å²) in [6.07, 6.45) is 1.05. The topological polar surface area (TPSA) is 54.4 Å². The second kappa shape index (κ2) is 9.11. The number of benzene rings is 4. The van der Waals surface area contributed by atoms with Gasteiger partial charge in [0.15, 0.2) is 0 Å². The van der Waals surface area contributed by atoms with Crippen molar-refractivity contribution in [2.75, 3.05) is 0 Å². The molecule has 0 aliphatic heterocycles. The lowest BCUT2D eigenvalue weighted by atomic mass is 9.89. The Labute approximate surface area is 190 Å². The van der Waals surface area contributed by atoms with Crippen molar-refractivity contribution >= 4 is 10.1 Å². The van der Waals surface area contributed by atoms with Crippen LogP contribution in [0.4, 0.5) is 0 Å². The van der Waals surface area contributed by atoms with Crippen molar-refractivity contribution in [3.05, 3.63) is 119 Å². The molecule has 0 saturated carbocycles. The van der Waals surface area contributed by atoms with Crippen LogP contribution in [0.25, 0.3) is 22.3 Å². The van der Waals surface area contributed by atoms with Gasteiger partial charge in [-0.3, -0.25) is 4.55 Å². The quantitative estimate of drug-likeness (QED) is 0.320. The monoisotopic (exact) mass is 442 g/mol. The van der Waals surface area contributed by atoms with Gasteiger partial charge in [-0.25, -0.2) is 0 Å². The second-order valence-electron chi connectivity index (χ2n) is 8.13. The maximum Gasteiger partial charge on any atom is 0.269 e. The van der Waals surface area contributed by atoms with Crippen LogP contribution in [-0.4, -0.2) is 13.0 Å². The van der Waals surface area contributed by atoms with Gasteiger partial charge in [0.2, 0.25) is 0 Å². The molecular formula is C28H26O3S. The van der Waals surface area contributed by atoms with Crippen molar-refractivity contribution in [1.29, 1.82) is 0 Å². The molecule has 0 atom stereocenters. The Morgan fingerprint density at radius 3 is 2.03 bits per heavy atom. The maximum atomic E-state index is 10.4. The highest BCUT2D eigenvalue weighted by molar-refractivity contribution is 7.85. The summed E-state index contributed by atoms with van der Waals surface area (Å²) < 4.78 is 29.2. The molecule has 0 saturated heterocycles. The molecule has 5 rings (SSSR count). The third-order valence-corrected chi connectivity index (χ3v) is 6.58. The summed E-state index contributed by atoms with van der Waals surface area (Å²) in [5, 5.41) is 0. The van der Waals surface area contributed by atoms with Gasteiger partial charge in [-0.15, -0.1) is 0 Å². The minimum Gasteiger partial charge on any atom is -0.285 e. The zero-order chi connectivity index (χ0) is 22.7. The van der Waals surface area contributed by atoms with Crippen molar-refractivity contribution < 1.29 is 13.0 Å². The number of aryl methyl sites for hydroxylation is 1. The van der Waals surface area contributed by atoms with E-state index in [2.05, 4.69) is 74.5 Å². The van der Waals surface area contributed by atoms with Crippen molar-refractivity contribution in [2.24, 2.45) is 0 Å². The Morgan fingerprint density at radius 1 is 0.781 bits per heavy atom. The van der Waals surface area contributed by atoms with E-state index in [0.717, 1.165) is 6.42 Å². The van der Waals surface area contributed by atoms with Crippen LogP contribution >= 0.6 is 0 Å². The lowest BCUT2D eigenvalue weighted by Crippen LogP contribution is -2.00. The summed E-state index contributed by atoms with van der Waals surface area (Å²) in [7, 11) is -3.88. The highest BCUT2D eigenvalue weighted by atomic mass is 32.2. The van der Waals surface area contributed by atoms with Crippen LogP contribution in [0.1, 0.15) is 27.8 Å². The first-order valence-electron chi connectivity index (χ1n) is 10.6. The molecule has 1 aliphatic rings. The van der Waals surface area contributed by atoms with Crippen LogP contribution in [0, 0.1) is 13.8 Å². The smallest absolute Gasteiger partial charge is 0.269 e. The van der Waals surface area contributed by atoms with Gasteiger partial charge in [0.05, 0.1) is 0 Å². The van der Waals surface area contributed by atoms with Crippen LogP contribution in [-0.2, 0) is 22.3 Å². The largest absolute Gasteiger partial charge is 0.285 e. The Bertz CT molecular complexity index is 1340. The van der Waals surface area contributed by atoms with Crippen LogP contribution < -0.4 is 0 Å². The molecule has 0 amide bonds. The first-order chi connectivity index (χ1) is 15.3. The van der Waals surface area contributed by atoms with Gasteiger partial charge in [0, 0.05) is 0 Å². The summed E-state index contributed by atoms with van der Waals surface area (Å²) >= 11 is 0. The Balaban J connectivity index is 0.000000189. The molecule has 4 aromatic carbocycles. The number of fused-ring (bicyclic) bond motifs is 3. The first-order valence-corrected chi connectivity index (χ1v) is 12.2. The van der Waals surface area contributed by atoms with E-state index in [-0.39, 0.29) is 5.75 Å². The van der Waals surface area contributed by atoms with Gasteiger partial charge in [0.25, 0.3) is 10.1 Å². The molecule has 0 unspecified atom stereocenters. The van der Waals surface area contributed by atoms with Crippen LogP contribution in [0.15, 0.2) is 91.0 Å². The molecule has 1 N–H and O–H groups in total. The molecule has 0 radical (unpaired) electrons. The fourth-order valence-corrected chi connectivity index (χ4v) is 4.92. The Hall–Kier alpha value is -3.21. The Morgan fingerprint density at radius 2 is 1.38 bits per heavy atom. The minimum absolute atomic E-state index is 0.312. The average molecular weight is 443 g/mol. The van der Waals surface area contributed by atoms with E-state index in [1.807, 2.05) is 0 Å². The molecule has 0 spiro atoms. The summed E-state index contributed by atoms with van der Waals surface area (Å²) in [5.74, 6) is -0.312. The molecule has 0 fully saturated rings. The Kier molecular flexibility index (Phi) is 6.26. The third-order valence-electron chi connectivity index (χ3n) is 5.88. The highest BCUT2D eigenvalue weighted by Gasteiger charge is 2.23. The zero-order valence-electron chi connectivity index (χ0n) is 18.2. The molecule has 162 valence electrons. The number of rotatable bonds is 3. The minimum atomic E-state index is -3.88. The summed E-state index contributed by atoms with van der Waals surface area (Å²) in [5.41, 5.74) is 11.9. The van der Waals surface area contributed by atoms with Crippen LogP contribution in [0.2, 0.25) is 0 Å². The summed E-state index contributed by atoms with van der Waals surface area (Å²) in [6.45, 7) is 4.48. The van der Waals surface area contributed by atoms with E-state index < -0.39 is 10.1 Å². The molecule has 1 aliphatic carbocycles. The standard InChI is InChI=1S/C21H18.C7H8O3S/c1-14-12-19-18-11-7-6-10-17(18)13-20(19)21(15(14)2)16-8-4-3-5-9-16;8-11(9,10)6-7-4-2-1-3-5-7/h3-12H,13H2,1-2H3;1-5H,6H2,(H,8,9,10). The van der Waals surface area contributed by atoms with Crippen molar-refractivity contribution in [3.63, 3.8) is 0 Å². The van der Waals surface area contributed by atoms with Gasteiger partial charge in [0.1, 0.15) is 5.75 Å². The van der Waals surface area contributed by atoms with E-state index in [1.165, 1.54) is 44.5 Å². The predicted octanol–water partition coefficient (Wildman–Crippen LogP) is 6.62. The first kappa shape index (κ1) is 22.0. The average Bonchev–Trinajstić information content (AvgIpc) is 3.13.